The predicted molar refractivity (Wildman–Crippen MR) is 111 cm³/mol. The number of ether oxygens (including phenoxy) is 3. The molecule has 0 bridgehead atoms. The van der Waals surface area contributed by atoms with Gasteiger partial charge in [-0.25, -0.2) is 5.43 Å². The Morgan fingerprint density at radius 2 is 1.79 bits per heavy atom. The Morgan fingerprint density at radius 1 is 1.07 bits per heavy atom. The van der Waals surface area contributed by atoms with Crippen molar-refractivity contribution in [3.05, 3.63) is 65.2 Å². The molecule has 2 rings (SSSR count). The molecule has 0 spiro atoms. The molecule has 0 fully saturated rings. The zero-order valence-electron chi connectivity index (χ0n) is 15.9. The maximum atomic E-state index is 12.3. The van der Waals surface area contributed by atoms with Gasteiger partial charge in [0.2, 0.25) is 0 Å². The van der Waals surface area contributed by atoms with E-state index in [4.69, 9.17) is 25.8 Å². The smallest absolute Gasteiger partial charge is 0.271 e. The van der Waals surface area contributed by atoms with Crippen LogP contribution in [0.2, 0.25) is 5.02 Å². The summed E-state index contributed by atoms with van der Waals surface area (Å²) in [7, 11) is 0. The van der Waals surface area contributed by atoms with E-state index in [9.17, 15) is 4.79 Å². The van der Waals surface area contributed by atoms with Crippen LogP contribution in [0.5, 0.6) is 17.2 Å². The molecule has 1 amide bonds. The van der Waals surface area contributed by atoms with Crippen molar-refractivity contribution in [3.63, 3.8) is 0 Å². The molecule has 0 saturated heterocycles. The number of carbonyl (C=O) groups excluding carboxylic acids is 1. The van der Waals surface area contributed by atoms with Crippen molar-refractivity contribution in [3.8, 4) is 17.2 Å². The van der Waals surface area contributed by atoms with Gasteiger partial charge in [-0.3, -0.25) is 4.79 Å². The average Bonchev–Trinajstić information content (AvgIpc) is 2.69. The second-order valence-corrected chi connectivity index (χ2v) is 5.92. The maximum Gasteiger partial charge on any atom is 0.271 e. The number of hydrazone groups is 1. The highest BCUT2D eigenvalue weighted by Crippen LogP contribution is 2.28. The largest absolute Gasteiger partial charge is 0.490 e. The second kappa shape index (κ2) is 11.0. The van der Waals surface area contributed by atoms with Crippen LogP contribution in [0.15, 0.2) is 54.2 Å². The summed E-state index contributed by atoms with van der Waals surface area (Å²) < 4.78 is 16.4. The van der Waals surface area contributed by atoms with E-state index in [1.807, 2.05) is 13.8 Å². The van der Waals surface area contributed by atoms with Crippen LogP contribution in [0.3, 0.4) is 0 Å². The van der Waals surface area contributed by atoms with E-state index in [-0.39, 0.29) is 5.91 Å². The first-order valence-corrected chi connectivity index (χ1v) is 9.23. The standard InChI is InChI=1S/C21H23ClN2O4/c1-4-11-28-18-9-7-15(12-17(18)22)14-23-24-21(25)16-8-10-19(26-5-2)20(13-16)27-6-3/h4,7-10,12-14H,1,5-6,11H2,2-3H3,(H,24,25)/b23-14+. The van der Waals surface area contributed by atoms with Gasteiger partial charge in [0.05, 0.1) is 24.5 Å². The summed E-state index contributed by atoms with van der Waals surface area (Å²) in [5.74, 6) is 1.30. The molecule has 0 aromatic heterocycles. The van der Waals surface area contributed by atoms with Gasteiger partial charge in [0.1, 0.15) is 12.4 Å². The summed E-state index contributed by atoms with van der Waals surface area (Å²) in [5, 5.41) is 4.42. The molecule has 0 aliphatic rings. The van der Waals surface area contributed by atoms with E-state index in [1.165, 1.54) is 6.21 Å². The number of hydrogen-bond acceptors (Lipinski definition) is 5. The minimum absolute atomic E-state index is 0.364. The predicted octanol–water partition coefficient (Wildman–Crippen LogP) is 4.47. The lowest BCUT2D eigenvalue weighted by Crippen LogP contribution is -2.17. The third-order valence-corrected chi connectivity index (χ3v) is 3.79. The molecule has 0 saturated carbocycles. The lowest BCUT2D eigenvalue weighted by Gasteiger charge is -2.11. The maximum absolute atomic E-state index is 12.3. The van der Waals surface area contributed by atoms with Crippen LogP contribution in [0.25, 0.3) is 0 Å². The summed E-state index contributed by atoms with van der Waals surface area (Å²) in [6.45, 7) is 8.69. The first-order valence-electron chi connectivity index (χ1n) is 8.85. The Bertz CT molecular complexity index is 852. The van der Waals surface area contributed by atoms with Crippen LogP contribution >= 0.6 is 11.6 Å². The molecule has 7 heteroatoms. The van der Waals surface area contributed by atoms with Crippen molar-refractivity contribution in [2.45, 2.75) is 13.8 Å². The number of halogens is 1. The van der Waals surface area contributed by atoms with Crippen molar-refractivity contribution in [2.75, 3.05) is 19.8 Å². The van der Waals surface area contributed by atoms with Crippen molar-refractivity contribution >= 4 is 23.7 Å². The number of amides is 1. The van der Waals surface area contributed by atoms with Crippen molar-refractivity contribution in [2.24, 2.45) is 5.10 Å². The molecule has 0 atom stereocenters. The quantitative estimate of drug-likeness (QED) is 0.361. The summed E-state index contributed by atoms with van der Waals surface area (Å²) in [4.78, 5) is 12.3. The van der Waals surface area contributed by atoms with Gasteiger partial charge in [-0.2, -0.15) is 5.10 Å². The summed E-state index contributed by atoms with van der Waals surface area (Å²) in [6.07, 6.45) is 3.14. The highest BCUT2D eigenvalue weighted by molar-refractivity contribution is 6.32. The van der Waals surface area contributed by atoms with E-state index in [0.29, 0.717) is 47.7 Å². The van der Waals surface area contributed by atoms with Gasteiger partial charge in [-0.1, -0.05) is 24.3 Å². The Hall–Kier alpha value is -2.99. The SMILES string of the molecule is C=CCOc1ccc(/C=N/NC(=O)c2ccc(OCC)c(OCC)c2)cc1Cl. The van der Waals surface area contributed by atoms with Crippen molar-refractivity contribution in [1.82, 2.24) is 5.43 Å². The summed E-state index contributed by atoms with van der Waals surface area (Å²) in [6, 6.07) is 10.2. The Balaban J connectivity index is 2.04. The minimum Gasteiger partial charge on any atom is -0.490 e. The van der Waals surface area contributed by atoms with Gasteiger partial charge in [0.15, 0.2) is 11.5 Å². The second-order valence-electron chi connectivity index (χ2n) is 5.52. The van der Waals surface area contributed by atoms with Crippen LogP contribution in [-0.4, -0.2) is 31.9 Å². The zero-order chi connectivity index (χ0) is 20.4. The van der Waals surface area contributed by atoms with E-state index in [0.717, 1.165) is 5.56 Å². The van der Waals surface area contributed by atoms with Crippen LogP contribution in [0.4, 0.5) is 0 Å². The van der Waals surface area contributed by atoms with Crippen molar-refractivity contribution in [1.29, 1.82) is 0 Å². The first kappa shape index (κ1) is 21.3. The van der Waals surface area contributed by atoms with Crippen LogP contribution in [0.1, 0.15) is 29.8 Å². The zero-order valence-corrected chi connectivity index (χ0v) is 16.7. The number of nitrogens with one attached hydrogen (secondary N) is 1. The Kier molecular flexibility index (Phi) is 8.37. The number of benzene rings is 2. The van der Waals surface area contributed by atoms with Gasteiger partial charge >= 0.3 is 0 Å². The van der Waals surface area contributed by atoms with Crippen LogP contribution < -0.4 is 19.6 Å². The van der Waals surface area contributed by atoms with Gasteiger partial charge in [0, 0.05) is 5.56 Å². The molecule has 0 aliphatic carbocycles. The normalized spacial score (nSPS) is 10.5. The molecular weight excluding hydrogens is 380 g/mol. The molecule has 2 aromatic rings. The van der Waals surface area contributed by atoms with E-state index in [1.54, 1.807) is 42.5 Å². The highest BCUT2D eigenvalue weighted by atomic mass is 35.5. The molecule has 148 valence electrons. The fraction of sp³-hybridized carbons (Fsp3) is 0.238. The molecule has 6 nitrogen and oxygen atoms in total. The molecule has 1 N–H and O–H groups in total. The molecule has 0 heterocycles. The van der Waals surface area contributed by atoms with E-state index in [2.05, 4.69) is 17.1 Å². The third kappa shape index (κ3) is 6.03. The number of rotatable bonds is 10. The summed E-state index contributed by atoms with van der Waals surface area (Å²) in [5.41, 5.74) is 3.62. The summed E-state index contributed by atoms with van der Waals surface area (Å²) >= 11 is 6.16. The van der Waals surface area contributed by atoms with Crippen LogP contribution in [0, 0.1) is 0 Å². The van der Waals surface area contributed by atoms with Crippen molar-refractivity contribution < 1.29 is 19.0 Å². The molecule has 0 radical (unpaired) electrons. The van der Waals surface area contributed by atoms with Gasteiger partial charge in [-0.05, 0) is 55.8 Å². The van der Waals surface area contributed by atoms with Gasteiger partial charge in [-0.15, -0.1) is 0 Å². The fourth-order valence-electron chi connectivity index (χ4n) is 2.29. The van der Waals surface area contributed by atoms with E-state index >= 15 is 0 Å². The lowest BCUT2D eigenvalue weighted by molar-refractivity contribution is 0.0954. The molecule has 2 aromatic carbocycles. The number of hydrogen-bond donors (Lipinski definition) is 1. The average molecular weight is 403 g/mol. The monoisotopic (exact) mass is 402 g/mol. The highest BCUT2D eigenvalue weighted by Gasteiger charge is 2.11. The topological polar surface area (TPSA) is 69.2 Å². The minimum atomic E-state index is -0.364. The molecule has 0 unspecified atom stereocenters. The molecule has 0 aliphatic heterocycles. The van der Waals surface area contributed by atoms with E-state index < -0.39 is 0 Å². The first-order chi connectivity index (χ1) is 13.6. The fourth-order valence-corrected chi connectivity index (χ4v) is 2.53. The number of nitrogens with zero attached hydrogens (tertiary/aromatic N) is 1. The Morgan fingerprint density at radius 3 is 2.46 bits per heavy atom. The molecular formula is C21H23ClN2O4. The lowest BCUT2D eigenvalue weighted by atomic mass is 10.2. The number of carbonyl (C=O) groups is 1. The molecule has 28 heavy (non-hydrogen) atoms. The third-order valence-electron chi connectivity index (χ3n) is 3.50. The van der Waals surface area contributed by atoms with Crippen LogP contribution in [-0.2, 0) is 0 Å². The Labute approximate surface area is 169 Å². The van der Waals surface area contributed by atoms with Gasteiger partial charge < -0.3 is 14.2 Å². The van der Waals surface area contributed by atoms with Gasteiger partial charge in [0.25, 0.3) is 5.91 Å².